The predicted octanol–water partition coefficient (Wildman–Crippen LogP) is 2.73. The van der Waals surface area contributed by atoms with Crippen LogP contribution in [0.4, 0.5) is 0 Å². The highest BCUT2D eigenvalue weighted by atomic mass is 16.5. The maximum atomic E-state index is 5.74. The third-order valence-corrected chi connectivity index (χ3v) is 3.59. The summed E-state index contributed by atoms with van der Waals surface area (Å²) in [6, 6.07) is 0.530. The average Bonchev–Trinajstić information content (AvgIpc) is 2.67. The lowest BCUT2D eigenvalue weighted by atomic mass is 10.0. The summed E-state index contributed by atoms with van der Waals surface area (Å²) in [5.41, 5.74) is 0.989. The van der Waals surface area contributed by atoms with Gasteiger partial charge in [0.15, 0.2) is 0 Å². The van der Waals surface area contributed by atoms with Crippen LogP contribution in [-0.2, 0) is 11.3 Å². The van der Waals surface area contributed by atoms with Gasteiger partial charge in [0, 0.05) is 12.6 Å². The first kappa shape index (κ1) is 13.6. The number of nitrogens with zero attached hydrogens (tertiary/aromatic N) is 1. The van der Waals surface area contributed by atoms with Gasteiger partial charge >= 0.3 is 0 Å². The summed E-state index contributed by atoms with van der Waals surface area (Å²) in [4.78, 5) is 4.39. The average molecular weight is 252 g/mol. The summed E-state index contributed by atoms with van der Waals surface area (Å²) >= 11 is 0. The highest BCUT2D eigenvalue weighted by Crippen LogP contribution is 2.18. The normalized spacial score (nSPS) is 24.4. The van der Waals surface area contributed by atoms with Crippen LogP contribution in [-0.4, -0.2) is 23.7 Å². The summed E-state index contributed by atoms with van der Waals surface area (Å²) in [5.74, 6) is 1.71. The zero-order valence-electron chi connectivity index (χ0n) is 11.7. The first-order valence-corrected chi connectivity index (χ1v) is 6.97. The number of nitrogens with one attached hydrogen (secondary N) is 1. The molecule has 4 nitrogen and oxygen atoms in total. The SMILES string of the molecule is CCCC1CC(NCc2nc(C)c(C)o2)CCO1. The topological polar surface area (TPSA) is 47.3 Å². The van der Waals surface area contributed by atoms with Crippen LogP contribution in [0.3, 0.4) is 0 Å². The van der Waals surface area contributed by atoms with Crippen molar-refractivity contribution in [3.63, 3.8) is 0 Å². The molecule has 2 unspecified atom stereocenters. The van der Waals surface area contributed by atoms with E-state index in [1.165, 1.54) is 6.42 Å². The van der Waals surface area contributed by atoms with Crippen LogP contribution >= 0.6 is 0 Å². The van der Waals surface area contributed by atoms with Gasteiger partial charge in [-0.25, -0.2) is 4.98 Å². The van der Waals surface area contributed by atoms with E-state index in [4.69, 9.17) is 9.15 Å². The molecule has 0 aliphatic carbocycles. The minimum atomic E-state index is 0.425. The van der Waals surface area contributed by atoms with Crippen molar-refractivity contribution < 1.29 is 9.15 Å². The Hall–Kier alpha value is -0.870. The van der Waals surface area contributed by atoms with Crippen LogP contribution in [0.1, 0.15) is 50.0 Å². The van der Waals surface area contributed by atoms with Gasteiger partial charge in [-0.3, -0.25) is 0 Å². The molecule has 2 heterocycles. The number of hydrogen-bond donors (Lipinski definition) is 1. The van der Waals surface area contributed by atoms with Gasteiger partial charge in [0.2, 0.25) is 5.89 Å². The second-order valence-electron chi connectivity index (χ2n) is 5.13. The maximum absolute atomic E-state index is 5.74. The second-order valence-corrected chi connectivity index (χ2v) is 5.13. The van der Waals surface area contributed by atoms with Crippen molar-refractivity contribution >= 4 is 0 Å². The predicted molar refractivity (Wildman–Crippen MR) is 70.5 cm³/mol. The van der Waals surface area contributed by atoms with Gasteiger partial charge < -0.3 is 14.5 Å². The van der Waals surface area contributed by atoms with Gasteiger partial charge in [0.25, 0.3) is 0 Å². The van der Waals surface area contributed by atoms with Crippen LogP contribution < -0.4 is 5.32 Å². The van der Waals surface area contributed by atoms with Crippen LogP contribution in [0.5, 0.6) is 0 Å². The molecule has 4 heteroatoms. The van der Waals surface area contributed by atoms with E-state index >= 15 is 0 Å². The quantitative estimate of drug-likeness (QED) is 0.875. The van der Waals surface area contributed by atoms with E-state index in [0.717, 1.165) is 49.8 Å². The van der Waals surface area contributed by atoms with Gasteiger partial charge in [0.1, 0.15) is 5.76 Å². The Morgan fingerprint density at radius 3 is 2.89 bits per heavy atom. The molecule has 2 atom stereocenters. The van der Waals surface area contributed by atoms with E-state index in [9.17, 15) is 0 Å². The Balaban J connectivity index is 1.79. The molecule has 0 radical (unpaired) electrons. The zero-order chi connectivity index (χ0) is 13.0. The van der Waals surface area contributed by atoms with E-state index in [1.54, 1.807) is 0 Å². The summed E-state index contributed by atoms with van der Waals surface area (Å²) < 4.78 is 11.3. The second kappa shape index (κ2) is 6.34. The van der Waals surface area contributed by atoms with Gasteiger partial charge in [0.05, 0.1) is 18.3 Å². The zero-order valence-corrected chi connectivity index (χ0v) is 11.7. The fourth-order valence-electron chi connectivity index (χ4n) is 2.44. The molecule has 0 bridgehead atoms. The van der Waals surface area contributed by atoms with E-state index < -0.39 is 0 Å². The molecule has 102 valence electrons. The van der Waals surface area contributed by atoms with Crippen molar-refractivity contribution in [2.24, 2.45) is 0 Å². The Bertz CT molecular complexity index is 354. The fraction of sp³-hybridized carbons (Fsp3) is 0.786. The number of hydrogen-bond acceptors (Lipinski definition) is 4. The minimum Gasteiger partial charge on any atom is -0.444 e. The number of aryl methyl sites for hydroxylation is 2. The van der Waals surface area contributed by atoms with E-state index in [2.05, 4.69) is 17.2 Å². The summed E-state index contributed by atoms with van der Waals surface area (Å²) in [7, 11) is 0. The van der Waals surface area contributed by atoms with Crippen molar-refractivity contribution in [2.75, 3.05) is 6.61 Å². The van der Waals surface area contributed by atoms with Crippen LogP contribution in [0, 0.1) is 13.8 Å². The molecule has 1 aliphatic heterocycles. The van der Waals surface area contributed by atoms with Crippen molar-refractivity contribution in [3.05, 3.63) is 17.3 Å². The van der Waals surface area contributed by atoms with E-state index in [0.29, 0.717) is 12.1 Å². The fourth-order valence-corrected chi connectivity index (χ4v) is 2.44. The molecule has 1 fully saturated rings. The molecular formula is C14H24N2O2. The number of rotatable bonds is 5. The first-order valence-electron chi connectivity index (χ1n) is 6.97. The van der Waals surface area contributed by atoms with Crippen molar-refractivity contribution in [1.82, 2.24) is 10.3 Å². The third-order valence-electron chi connectivity index (χ3n) is 3.59. The smallest absolute Gasteiger partial charge is 0.208 e. The molecular weight excluding hydrogens is 228 g/mol. The third kappa shape index (κ3) is 3.56. The Morgan fingerprint density at radius 1 is 1.39 bits per heavy atom. The van der Waals surface area contributed by atoms with Crippen molar-refractivity contribution in [2.45, 2.75) is 65.1 Å². The van der Waals surface area contributed by atoms with E-state index in [-0.39, 0.29) is 0 Å². The highest BCUT2D eigenvalue weighted by Gasteiger charge is 2.21. The first-order chi connectivity index (χ1) is 8.69. The van der Waals surface area contributed by atoms with Crippen molar-refractivity contribution in [1.29, 1.82) is 0 Å². The molecule has 0 saturated carbocycles. The van der Waals surface area contributed by atoms with E-state index in [1.807, 2.05) is 13.8 Å². The molecule has 1 saturated heterocycles. The molecule has 0 aromatic carbocycles. The molecule has 0 spiro atoms. The van der Waals surface area contributed by atoms with Crippen LogP contribution in [0.25, 0.3) is 0 Å². The molecule has 0 amide bonds. The summed E-state index contributed by atoms with van der Waals surface area (Å²) in [6.07, 6.45) is 4.96. The minimum absolute atomic E-state index is 0.425. The van der Waals surface area contributed by atoms with Gasteiger partial charge in [-0.05, 0) is 33.1 Å². The lowest BCUT2D eigenvalue weighted by Crippen LogP contribution is -2.38. The maximum Gasteiger partial charge on any atom is 0.208 e. The summed E-state index contributed by atoms with van der Waals surface area (Å²) in [5, 5.41) is 3.53. The molecule has 1 N–H and O–H groups in total. The Labute approximate surface area is 109 Å². The van der Waals surface area contributed by atoms with Crippen molar-refractivity contribution in [3.8, 4) is 0 Å². The monoisotopic (exact) mass is 252 g/mol. The molecule has 1 aliphatic rings. The lowest BCUT2D eigenvalue weighted by molar-refractivity contribution is -0.00376. The number of aromatic nitrogens is 1. The van der Waals surface area contributed by atoms with Gasteiger partial charge in [-0.1, -0.05) is 13.3 Å². The summed E-state index contributed by atoms with van der Waals surface area (Å²) in [6.45, 7) is 7.73. The standard InChI is InChI=1S/C14H24N2O2/c1-4-5-13-8-12(6-7-17-13)15-9-14-16-10(2)11(3)18-14/h12-13,15H,4-9H2,1-3H3. The molecule has 18 heavy (non-hydrogen) atoms. The lowest BCUT2D eigenvalue weighted by Gasteiger charge is -2.29. The Kier molecular flexibility index (Phi) is 4.78. The highest BCUT2D eigenvalue weighted by molar-refractivity contribution is 5.05. The van der Waals surface area contributed by atoms with Gasteiger partial charge in [-0.15, -0.1) is 0 Å². The molecule has 2 rings (SSSR count). The van der Waals surface area contributed by atoms with Gasteiger partial charge in [-0.2, -0.15) is 0 Å². The largest absolute Gasteiger partial charge is 0.444 e. The molecule has 1 aromatic heterocycles. The Morgan fingerprint density at radius 2 is 2.22 bits per heavy atom. The molecule has 1 aromatic rings. The number of ether oxygens (including phenoxy) is 1. The van der Waals surface area contributed by atoms with Crippen LogP contribution in [0.2, 0.25) is 0 Å². The number of oxazole rings is 1. The van der Waals surface area contributed by atoms with Crippen LogP contribution in [0.15, 0.2) is 4.42 Å².